The summed E-state index contributed by atoms with van der Waals surface area (Å²) in [5, 5.41) is 13.6. The highest BCUT2D eigenvalue weighted by molar-refractivity contribution is 5.63. The number of hydrogen-bond donors (Lipinski definition) is 1. The van der Waals surface area contributed by atoms with Crippen LogP contribution < -0.4 is 5.32 Å². The SMILES string of the molecule is CCC(CC)C(C)Nc1c([N+](=O)[O-])ccc(F)c1F. The quantitative estimate of drug-likeness (QED) is 0.626. The molecule has 1 unspecified atom stereocenters. The molecule has 0 aromatic heterocycles. The lowest BCUT2D eigenvalue weighted by Gasteiger charge is -2.23. The zero-order valence-corrected chi connectivity index (χ0v) is 11.2. The summed E-state index contributed by atoms with van der Waals surface area (Å²) in [6, 6.07) is 1.56. The number of nitrogens with zero attached hydrogens (tertiary/aromatic N) is 1. The Kier molecular flexibility index (Phi) is 5.20. The van der Waals surface area contributed by atoms with Gasteiger partial charge in [-0.05, 0) is 18.9 Å². The molecule has 0 aliphatic rings. The van der Waals surface area contributed by atoms with Crippen LogP contribution in [0.4, 0.5) is 20.2 Å². The Morgan fingerprint density at radius 3 is 2.37 bits per heavy atom. The second kappa shape index (κ2) is 6.45. The lowest BCUT2D eigenvalue weighted by Crippen LogP contribution is -2.26. The van der Waals surface area contributed by atoms with Crippen LogP contribution in [0.5, 0.6) is 0 Å². The van der Waals surface area contributed by atoms with Crippen molar-refractivity contribution < 1.29 is 13.7 Å². The molecular formula is C13H18F2N2O2. The molecule has 4 nitrogen and oxygen atoms in total. The van der Waals surface area contributed by atoms with Crippen LogP contribution in [0, 0.1) is 27.7 Å². The molecule has 0 radical (unpaired) electrons. The minimum atomic E-state index is -1.20. The van der Waals surface area contributed by atoms with E-state index in [0.29, 0.717) is 0 Å². The Morgan fingerprint density at radius 1 is 1.32 bits per heavy atom. The smallest absolute Gasteiger partial charge is 0.295 e. The lowest BCUT2D eigenvalue weighted by molar-refractivity contribution is -0.384. The highest BCUT2D eigenvalue weighted by Gasteiger charge is 2.24. The van der Waals surface area contributed by atoms with Crippen LogP contribution in [0.15, 0.2) is 12.1 Å². The maximum atomic E-state index is 13.7. The summed E-state index contributed by atoms with van der Waals surface area (Å²) < 4.78 is 26.9. The summed E-state index contributed by atoms with van der Waals surface area (Å²) >= 11 is 0. The van der Waals surface area contributed by atoms with Crippen molar-refractivity contribution in [2.45, 2.75) is 39.7 Å². The summed E-state index contributed by atoms with van der Waals surface area (Å²) in [6.45, 7) is 5.79. The van der Waals surface area contributed by atoms with Gasteiger partial charge in [0.05, 0.1) is 4.92 Å². The molecule has 1 rings (SSSR count). The topological polar surface area (TPSA) is 55.2 Å². The van der Waals surface area contributed by atoms with Crippen LogP contribution in [0.2, 0.25) is 0 Å². The van der Waals surface area contributed by atoms with Crippen molar-refractivity contribution in [2.24, 2.45) is 5.92 Å². The number of anilines is 1. The fourth-order valence-electron chi connectivity index (χ4n) is 2.17. The molecule has 0 aliphatic heterocycles. The average Bonchev–Trinajstić information content (AvgIpc) is 2.36. The fraction of sp³-hybridized carbons (Fsp3) is 0.538. The largest absolute Gasteiger partial charge is 0.374 e. The van der Waals surface area contributed by atoms with Crippen LogP contribution in [0.3, 0.4) is 0 Å². The summed E-state index contributed by atoms with van der Waals surface area (Å²) in [6.07, 6.45) is 1.71. The standard InChI is InChI=1S/C13H18F2N2O2/c1-4-9(5-2)8(3)16-13-11(17(18)19)7-6-10(14)12(13)15/h6-9,16H,4-5H2,1-3H3. The van der Waals surface area contributed by atoms with E-state index < -0.39 is 22.2 Å². The van der Waals surface area contributed by atoms with Crippen LogP contribution >= 0.6 is 0 Å². The van der Waals surface area contributed by atoms with Gasteiger partial charge in [0.1, 0.15) is 0 Å². The van der Waals surface area contributed by atoms with E-state index >= 15 is 0 Å². The number of halogens is 2. The first-order valence-corrected chi connectivity index (χ1v) is 6.31. The zero-order chi connectivity index (χ0) is 14.6. The van der Waals surface area contributed by atoms with Crippen molar-refractivity contribution in [3.8, 4) is 0 Å². The number of rotatable bonds is 6. The molecular weight excluding hydrogens is 254 g/mol. The van der Waals surface area contributed by atoms with E-state index in [4.69, 9.17) is 0 Å². The molecule has 0 bridgehead atoms. The molecule has 0 fully saturated rings. The zero-order valence-electron chi connectivity index (χ0n) is 11.2. The molecule has 1 N–H and O–H groups in total. The maximum Gasteiger partial charge on any atom is 0.295 e. The maximum absolute atomic E-state index is 13.7. The Morgan fingerprint density at radius 2 is 1.89 bits per heavy atom. The monoisotopic (exact) mass is 272 g/mol. The van der Waals surface area contributed by atoms with Gasteiger partial charge in [-0.25, -0.2) is 8.78 Å². The Hall–Kier alpha value is -1.72. The lowest BCUT2D eigenvalue weighted by atomic mass is 9.95. The predicted molar refractivity (Wildman–Crippen MR) is 70.2 cm³/mol. The highest BCUT2D eigenvalue weighted by atomic mass is 19.2. The van der Waals surface area contributed by atoms with E-state index in [-0.39, 0.29) is 17.6 Å². The van der Waals surface area contributed by atoms with Crippen LogP contribution in [0.1, 0.15) is 33.6 Å². The second-order valence-electron chi connectivity index (χ2n) is 4.52. The fourth-order valence-corrected chi connectivity index (χ4v) is 2.17. The van der Waals surface area contributed by atoms with Crippen LogP contribution in [-0.4, -0.2) is 11.0 Å². The van der Waals surface area contributed by atoms with Gasteiger partial charge >= 0.3 is 0 Å². The molecule has 0 saturated heterocycles. The Balaban J connectivity index is 3.11. The van der Waals surface area contributed by atoms with E-state index in [1.165, 1.54) is 0 Å². The van der Waals surface area contributed by atoms with Gasteiger partial charge in [0, 0.05) is 12.1 Å². The number of nitro groups is 1. The van der Waals surface area contributed by atoms with Crippen molar-refractivity contribution >= 4 is 11.4 Å². The normalized spacial score (nSPS) is 12.5. The molecule has 0 saturated carbocycles. The summed E-state index contributed by atoms with van der Waals surface area (Å²) in [5.41, 5.74) is -0.818. The van der Waals surface area contributed by atoms with Crippen molar-refractivity contribution in [3.05, 3.63) is 33.9 Å². The highest BCUT2D eigenvalue weighted by Crippen LogP contribution is 2.31. The van der Waals surface area contributed by atoms with E-state index in [2.05, 4.69) is 5.32 Å². The van der Waals surface area contributed by atoms with Gasteiger partial charge in [0.15, 0.2) is 17.3 Å². The first kappa shape index (κ1) is 15.3. The molecule has 0 aliphatic carbocycles. The van der Waals surface area contributed by atoms with Crippen molar-refractivity contribution in [3.63, 3.8) is 0 Å². The first-order chi connectivity index (χ1) is 8.92. The van der Waals surface area contributed by atoms with E-state index in [9.17, 15) is 18.9 Å². The van der Waals surface area contributed by atoms with Crippen molar-refractivity contribution in [1.29, 1.82) is 0 Å². The Bertz CT molecular complexity index is 462. The van der Waals surface area contributed by atoms with Gasteiger partial charge < -0.3 is 5.32 Å². The molecule has 0 amide bonds. The number of nitrogens with one attached hydrogen (secondary N) is 1. The average molecular weight is 272 g/mol. The van der Waals surface area contributed by atoms with E-state index in [1.807, 2.05) is 20.8 Å². The summed E-state index contributed by atoms with van der Waals surface area (Å²) in [7, 11) is 0. The molecule has 1 atom stereocenters. The molecule has 1 aromatic rings. The van der Waals surface area contributed by atoms with Crippen molar-refractivity contribution in [1.82, 2.24) is 0 Å². The molecule has 6 heteroatoms. The van der Waals surface area contributed by atoms with Crippen LogP contribution in [-0.2, 0) is 0 Å². The summed E-state index contributed by atoms with van der Waals surface area (Å²) in [5.74, 6) is -2.06. The van der Waals surface area contributed by atoms with E-state index in [1.54, 1.807) is 0 Å². The number of nitro benzene ring substituents is 1. The second-order valence-corrected chi connectivity index (χ2v) is 4.52. The summed E-state index contributed by atoms with van der Waals surface area (Å²) in [4.78, 5) is 10.1. The Labute approximate surface area is 111 Å². The van der Waals surface area contributed by atoms with Gasteiger partial charge in [-0.2, -0.15) is 0 Å². The molecule has 0 heterocycles. The molecule has 19 heavy (non-hydrogen) atoms. The first-order valence-electron chi connectivity index (χ1n) is 6.31. The third-order valence-corrected chi connectivity index (χ3v) is 3.40. The van der Waals surface area contributed by atoms with Gasteiger partial charge in [0.2, 0.25) is 0 Å². The molecule has 106 valence electrons. The van der Waals surface area contributed by atoms with Gasteiger partial charge in [-0.3, -0.25) is 10.1 Å². The third-order valence-electron chi connectivity index (χ3n) is 3.40. The van der Waals surface area contributed by atoms with Crippen molar-refractivity contribution in [2.75, 3.05) is 5.32 Å². The van der Waals surface area contributed by atoms with Gasteiger partial charge in [-0.1, -0.05) is 26.7 Å². The van der Waals surface area contributed by atoms with Gasteiger partial charge in [0.25, 0.3) is 5.69 Å². The number of hydrogen-bond acceptors (Lipinski definition) is 3. The minimum Gasteiger partial charge on any atom is -0.374 e. The van der Waals surface area contributed by atoms with Crippen LogP contribution in [0.25, 0.3) is 0 Å². The van der Waals surface area contributed by atoms with E-state index in [0.717, 1.165) is 25.0 Å². The third kappa shape index (κ3) is 3.39. The number of benzene rings is 1. The predicted octanol–water partition coefficient (Wildman–Crippen LogP) is 4.11. The minimum absolute atomic E-state index is 0.176. The van der Waals surface area contributed by atoms with Gasteiger partial charge in [-0.15, -0.1) is 0 Å². The molecule has 0 spiro atoms. The molecule has 1 aromatic carbocycles.